The van der Waals surface area contributed by atoms with Crippen LogP contribution in [0.5, 0.6) is 0 Å². The molecule has 2 unspecified atom stereocenters. The van der Waals surface area contributed by atoms with E-state index in [-0.39, 0.29) is 29.6 Å². The van der Waals surface area contributed by atoms with Gasteiger partial charge in [-0.15, -0.1) is 24.9 Å². The van der Waals surface area contributed by atoms with E-state index in [1.807, 2.05) is 54.6 Å². The number of hydrogen-bond donors (Lipinski definition) is 1. The maximum absolute atomic E-state index is 14.8. The number of thioether (sulfide) groups is 1. The molecule has 3 aliphatic heterocycles. The summed E-state index contributed by atoms with van der Waals surface area (Å²) in [5, 5.41) is 9.49. The SMILES string of the molecule is C=CCN(C(=O)C1N(CCCCO)C(=O)[C@@H]2[C@@H](C(=O)N(CC=C)c3ccccc3)[C@H]3CCC12S3)c1ccc(N(CC)CC)cc1. The van der Waals surface area contributed by atoms with E-state index in [0.717, 1.165) is 36.6 Å². The van der Waals surface area contributed by atoms with Crippen molar-refractivity contribution in [1.29, 1.82) is 0 Å². The Morgan fingerprint density at radius 2 is 1.53 bits per heavy atom. The lowest BCUT2D eigenvalue weighted by Gasteiger charge is -2.37. The second-order valence-electron chi connectivity index (χ2n) is 12.0. The topological polar surface area (TPSA) is 84.4 Å². The molecule has 8 nitrogen and oxygen atoms in total. The number of fused-ring (bicyclic) bond motifs is 1. The number of aliphatic hydroxyl groups excluding tert-OH is 1. The van der Waals surface area contributed by atoms with Gasteiger partial charge in [0.05, 0.1) is 16.6 Å². The molecule has 0 radical (unpaired) electrons. The summed E-state index contributed by atoms with van der Waals surface area (Å²) >= 11 is 1.68. The van der Waals surface area contributed by atoms with Gasteiger partial charge in [-0.25, -0.2) is 0 Å². The maximum atomic E-state index is 14.8. The monoisotopic (exact) mass is 630 g/mol. The minimum atomic E-state index is -0.714. The van der Waals surface area contributed by atoms with Gasteiger partial charge in [-0.1, -0.05) is 30.4 Å². The molecule has 2 aromatic rings. The molecular weight excluding hydrogens is 584 g/mol. The average molecular weight is 631 g/mol. The summed E-state index contributed by atoms with van der Waals surface area (Å²) in [7, 11) is 0. The van der Waals surface area contributed by atoms with Gasteiger partial charge in [-0.05, 0) is 75.9 Å². The first-order valence-corrected chi connectivity index (χ1v) is 17.1. The van der Waals surface area contributed by atoms with E-state index < -0.39 is 22.6 Å². The third-order valence-electron chi connectivity index (χ3n) is 9.64. The number of nitrogens with zero attached hydrogens (tertiary/aromatic N) is 4. The van der Waals surface area contributed by atoms with Crippen LogP contribution in [0.2, 0.25) is 0 Å². The molecule has 2 bridgehead atoms. The van der Waals surface area contributed by atoms with Gasteiger partial charge in [-0.3, -0.25) is 14.4 Å². The van der Waals surface area contributed by atoms with Crippen LogP contribution in [0.4, 0.5) is 17.1 Å². The molecule has 3 fully saturated rings. The summed E-state index contributed by atoms with van der Waals surface area (Å²) in [6.45, 7) is 14.8. The first kappa shape index (κ1) is 32.8. The first-order valence-electron chi connectivity index (χ1n) is 16.2. The minimum Gasteiger partial charge on any atom is -0.396 e. The van der Waals surface area contributed by atoms with Crippen molar-refractivity contribution in [3.63, 3.8) is 0 Å². The Bertz CT molecular complexity index is 1380. The highest BCUT2D eigenvalue weighted by atomic mass is 32.2. The molecule has 0 aliphatic carbocycles. The van der Waals surface area contributed by atoms with Crippen LogP contribution in [0.15, 0.2) is 79.9 Å². The van der Waals surface area contributed by atoms with Crippen LogP contribution < -0.4 is 14.7 Å². The fraction of sp³-hybridized carbons (Fsp3) is 0.472. The number of hydrogen-bond acceptors (Lipinski definition) is 6. The van der Waals surface area contributed by atoms with E-state index in [1.165, 1.54) is 0 Å². The smallest absolute Gasteiger partial charge is 0.251 e. The molecule has 0 aromatic heterocycles. The molecule has 3 aliphatic rings. The van der Waals surface area contributed by atoms with Crippen LogP contribution in [0.25, 0.3) is 0 Å². The molecule has 240 valence electrons. The molecule has 0 saturated carbocycles. The van der Waals surface area contributed by atoms with E-state index in [2.05, 4.69) is 31.9 Å². The van der Waals surface area contributed by atoms with Crippen molar-refractivity contribution in [1.82, 2.24) is 4.90 Å². The van der Waals surface area contributed by atoms with Gasteiger partial charge in [-0.2, -0.15) is 0 Å². The van der Waals surface area contributed by atoms with Crippen LogP contribution in [0.1, 0.15) is 39.5 Å². The summed E-state index contributed by atoms with van der Waals surface area (Å²) in [6.07, 6.45) is 6.01. The molecule has 3 heterocycles. The lowest BCUT2D eigenvalue weighted by Crippen LogP contribution is -2.55. The van der Waals surface area contributed by atoms with Crippen LogP contribution in [0.3, 0.4) is 0 Å². The molecule has 2 aromatic carbocycles. The molecule has 5 rings (SSSR count). The first-order chi connectivity index (χ1) is 21.9. The third-order valence-corrected chi connectivity index (χ3v) is 11.6. The van der Waals surface area contributed by atoms with Crippen molar-refractivity contribution in [2.75, 3.05) is 54.0 Å². The molecule has 45 heavy (non-hydrogen) atoms. The number of rotatable bonds is 15. The third kappa shape index (κ3) is 5.92. The van der Waals surface area contributed by atoms with E-state index in [1.54, 1.807) is 38.6 Å². The predicted octanol–water partition coefficient (Wildman–Crippen LogP) is 5.13. The normalized spacial score (nSPS) is 24.8. The number of unbranched alkanes of at least 4 members (excludes halogenated alkanes) is 1. The van der Waals surface area contributed by atoms with Gasteiger partial charge in [0.2, 0.25) is 11.8 Å². The zero-order valence-corrected chi connectivity index (χ0v) is 27.3. The van der Waals surface area contributed by atoms with E-state index >= 15 is 0 Å². The number of benzene rings is 2. The Morgan fingerprint density at radius 1 is 0.933 bits per heavy atom. The molecule has 5 atom stereocenters. The zero-order chi connectivity index (χ0) is 32.1. The zero-order valence-electron chi connectivity index (χ0n) is 26.5. The highest BCUT2D eigenvalue weighted by Gasteiger charge is 2.74. The van der Waals surface area contributed by atoms with Gasteiger partial charge >= 0.3 is 0 Å². The molecule has 3 amide bonds. The van der Waals surface area contributed by atoms with Crippen LogP contribution in [0, 0.1) is 11.8 Å². The average Bonchev–Trinajstić information content (AvgIpc) is 3.71. The Hall–Kier alpha value is -3.56. The second kappa shape index (κ2) is 14.3. The maximum Gasteiger partial charge on any atom is 0.251 e. The Balaban J connectivity index is 1.52. The highest BCUT2D eigenvalue weighted by molar-refractivity contribution is 8.02. The Kier molecular flexibility index (Phi) is 10.4. The Morgan fingerprint density at radius 3 is 2.13 bits per heavy atom. The molecule has 3 saturated heterocycles. The number of carbonyl (C=O) groups is 3. The number of likely N-dealkylation sites (tertiary alicyclic amines) is 1. The lowest BCUT2D eigenvalue weighted by atomic mass is 9.70. The standard InChI is InChI=1S/C36H46N4O4S/c1-5-22-38(27-14-10-9-11-15-27)33(42)30-29-20-21-36(45-29)31(30)34(43)40(24-12-13-25-41)32(36)35(44)39(23-6-2)28-18-16-26(17-19-28)37(7-3)8-4/h5-6,9-11,14-19,29-32,41H,1-2,7-8,12-13,20-25H2,3-4H3/t29-,30+,31+,32?,36?/m1/s1. The fourth-order valence-electron chi connectivity index (χ4n) is 7.62. The van der Waals surface area contributed by atoms with Crippen LogP contribution in [-0.2, 0) is 14.4 Å². The van der Waals surface area contributed by atoms with Crippen molar-refractivity contribution in [2.24, 2.45) is 11.8 Å². The second-order valence-corrected chi connectivity index (χ2v) is 13.6. The van der Waals surface area contributed by atoms with Crippen LogP contribution >= 0.6 is 11.8 Å². The Labute approximate surface area is 271 Å². The number of amides is 3. The molecular formula is C36H46N4O4S. The van der Waals surface area contributed by atoms with E-state index in [9.17, 15) is 19.5 Å². The van der Waals surface area contributed by atoms with E-state index in [0.29, 0.717) is 38.9 Å². The van der Waals surface area contributed by atoms with Gasteiger partial charge in [0.1, 0.15) is 6.04 Å². The van der Waals surface area contributed by atoms with Crippen molar-refractivity contribution < 1.29 is 19.5 Å². The van der Waals surface area contributed by atoms with Gasteiger partial charge < -0.3 is 24.7 Å². The predicted molar refractivity (Wildman–Crippen MR) is 184 cm³/mol. The summed E-state index contributed by atoms with van der Waals surface area (Å²) in [4.78, 5) is 51.1. The number of para-hydroxylation sites is 1. The molecule has 9 heteroatoms. The fourth-order valence-corrected chi connectivity index (χ4v) is 9.83. The number of aliphatic hydroxyl groups is 1. The van der Waals surface area contributed by atoms with Gasteiger partial charge in [0.15, 0.2) is 0 Å². The lowest BCUT2D eigenvalue weighted by molar-refractivity contribution is -0.139. The van der Waals surface area contributed by atoms with Gasteiger partial charge in [0, 0.05) is 61.6 Å². The molecule has 1 spiro atoms. The number of anilines is 3. The summed E-state index contributed by atoms with van der Waals surface area (Å²) in [5.41, 5.74) is 2.61. The van der Waals surface area contributed by atoms with E-state index in [4.69, 9.17) is 0 Å². The largest absolute Gasteiger partial charge is 0.396 e. The van der Waals surface area contributed by atoms with Crippen molar-refractivity contribution in [3.8, 4) is 0 Å². The van der Waals surface area contributed by atoms with Crippen molar-refractivity contribution in [2.45, 2.75) is 55.6 Å². The van der Waals surface area contributed by atoms with Crippen LogP contribution in [-0.4, -0.2) is 83.1 Å². The summed E-state index contributed by atoms with van der Waals surface area (Å²) in [6, 6.07) is 16.8. The number of carbonyl (C=O) groups excluding carboxylic acids is 3. The van der Waals surface area contributed by atoms with Crippen molar-refractivity contribution in [3.05, 3.63) is 79.9 Å². The quantitative estimate of drug-likeness (QED) is 0.217. The minimum absolute atomic E-state index is 0.0161. The summed E-state index contributed by atoms with van der Waals surface area (Å²) < 4.78 is -0.699. The molecule has 1 N–H and O–H groups in total. The van der Waals surface area contributed by atoms with Gasteiger partial charge in [0.25, 0.3) is 5.91 Å². The highest BCUT2D eigenvalue weighted by Crippen LogP contribution is 2.66. The van der Waals surface area contributed by atoms with Crippen molar-refractivity contribution >= 4 is 46.5 Å². The summed E-state index contributed by atoms with van der Waals surface area (Å²) in [5.74, 6) is -1.48.